The Morgan fingerprint density at radius 3 is 2.74 bits per heavy atom. The molecule has 6 heteroatoms. The summed E-state index contributed by atoms with van der Waals surface area (Å²) >= 11 is 1.42. The van der Waals surface area contributed by atoms with Gasteiger partial charge in [-0.2, -0.15) is 0 Å². The lowest BCUT2D eigenvalue weighted by Crippen LogP contribution is -2.11. The Morgan fingerprint density at radius 1 is 1.15 bits per heavy atom. The van der Waals surface area contributed by atoms with Crippen molar-refractivity contribution >= 4 is 39.0 Å². The number of aromatic nitrogens is 2. The molecule has 4 N–H and O–H groups in total. The van der Waals surface area contributed by atoms with Crippen molar-refractivity contribution in [3.05, 3.63) is 65.7 Å². The van der Waals surface area contributed by atoms with Gasteiger partial charge in [0.25, 0.3) is 0 Å². The topological polar surface area (TPSA) is 83.8 Å². The van der Waals surface area contributed by atoms with Crippen LogP contribution in [-0.2, 0) is 11.2 Å². The number of para-hydroxylation sites is 1. The molecular formula is C21H20N4OS. The average Bonchev–Trinajstić information content (AvgIpc) is 3.29. The van der Waals surface area contributed by atoms with Crippen LogP contribution in [0.2, 0.25) is 0 Å². The molecule has 0 saturated carbocycles. The summed E-state index contributed by atoms with van der Waals surface area (Å²) in [7, 11) is 0. The molecule has 0 radical (unpaired) electrons. The molecule has 0 atom stereocenters. The summed E-state index contributed by atoms with van der Waals surface area (Å²) in [6.07, 6.45) is 4.21. The van der Waals surface area contributed by atoms with E-state index in [1.807, 2.05) is 48.0 Å². The summed E-state index contributed by atoms with van der Waals surface area (Å²) in [4.78, 5) is 19.8. The molecule has 4 rings (SSSR count). The molecule has 0 unspecified atom stereocenters. The minimum absolute atomic E-state index is 0.0282. The lowest BCUT2D eigenvalue weighted by molar-refractivity contribution is -0.116. The number of nitrogens with two attached hydrogens (primary N) is 1. The highest BCUT2D eigenvalue weighted by atomic mass is 32.1. The molecule has 0 aliphatic carbocycles. The number of aryl methyl sites for hydroxylation is 1. The van der Waals surface area contributed by atoms with Gasteiger partial charge >= 0.3 is 0 Å². The standard InChI is InChI=1S/C21H20N4OS/c22-21-25-19(13-27-21)14-8-10-16(11-9-14)24-20(26)7-3-4-15-12-23-18-6-2-1-5-17(15)18/h1-2,5-6,8-13,23H,3-4,7H2,(H2,22,25)(H,24,26). The van der Waals surface area contributed by atoms with Gasteiger partial charge in [0.05, 0.1) is 5.69 Å². The maximum absolute atomic E-state index is 12.2. The van der Waals surface area contributed by atoms with Gasteiger partial charge in [0.1, 0.15) is 0 Å². The van der Waals surface area contributed by atoms with Crippen molar-refractivity contribution in [3.8, 4) is 11.3 Å². The van der Waals surface area contributed by atoms with E-state index in [1.54, 1.807) is 0 Å². The van der Waals surface area contributed by atoms with Crippen molar-refractivity contribution in [1.29, 1.82) is 0 Å². The van der Waals surface area contributed by atoms with E-state index in [1.165, 1.54) is 22.3 Å². The summed E-state index contributed by atoms with van der Waals surface area (Å²) in [6, 6.07) is 15.9. The van der Waals surface area contributed by atoms with Gasteiger partial charge in [0, 0.05) is 40.2 Å². The Labute approximate surface area is 161 Å². The number of anilines is 2. The second kappa shape index (κ2) is 7.63. The number of amides is 1. The first-order valence-corrected chi connectivity index (χ1v) is 9.73. The fraction of sp³-hybridized carbons (Fsp3) is 0.143. The maximum Gasteiger partial charge on any atom is 0.224 e. The Morgan fingerprint density at radius 2 is 1.96 bits per heavy atom. The van der Waals surface area contributed by atoms with Crippen LogP contribution >= 0.6 is 11.3 Å². The van der Waals surface area contributed by atoms with Crippen LogP contribution in [0.1, 0.15) is 18.4 Å². The number of H-pyrrole nitrogens is 1. The number of hydrogen-bond acceptors (Lipinski definition) is 4. The van der Waals surface area contributed by atoms with E-state index in [2.05, 4.69) is 27.4 Å². The number of thiazole rings is 1. The Kier molecular flexibility index (Phi) is 4.89. The average molecular weight is 376 g/mol. The molecule has 5 nitrogen and oxygen atoms in total. The molecule has 4 aromatic rings. The van der Waals surface area contributed by atoms with E-state index < -0.39 is 0 Å². The number of carbonyl (C=O) groups is 1. The monoisotopic (exact) mass is 376 g/mol. The highest BCUT2D eigenvalue weighted by molar-refractivity contribution is 7.13. The van der Waals surface area contributed by atoms with E-state index in [0.717, 1.165) is 35.3 Å². The van der Waals surface area contributed by atoms with Crippen LogP contribution in [0.3, 0.4) is 0 Å². The summed E-state index contributed by atoms with van der Waals surface area (Å²) in [5.41, 5.74) is 10.7. The fourth-order valence-electron chi connectivity index (χ4n) is 3.15. The van der Waals surface area contributed by atoms with Gasteiger partial charge < -0.3 is 16.0 Å². The van der Waals surface area contributed by atoms with E-state index >= 15 is 0 Å². The van der Waals surface area contributed by atoms with Gasteiger partial charge in [-0.15, -0.1) is 11.3 Å². The van der Waals surface area contributed by atoms with Crippen molar-refractivity contribution < 1.29 is 4.79 Å². The molecule has 1 amide bonds. The van der Waals surface area contributed by atoms with Gasteiger partial charge in [0.2, 0.25) is 5.91 Å². The lowest BCUT2D eigenvalue weighted by Gasteiger charge is -2.06. The van der Waals surface area contributed by atoms with Gasteiger partial charge in [0.15, 0.2) is 5.13 Å². The molecule has 0 fully saturated rings. The van der Waals surface area contributed by atoms with Crippen LogP contribution in [0.5, 0.6) is 0 Å². The van der Waals surface area contributed by atoms with Crippen molar-refractivity contribution in [3.63, 3.8) is 0 Å². The number of nitrogen functional groups attached to an aromatic ring is 1. The number of rotatable bonds is 6. The summed E-state index contributed by atoms with van der Waals surface area (Å²) < 4.78 is 0. The zero-order valence-electron chi connectivity index (χ0n) is 14.7. The molecule has 2 aromatic heterocycles. The number of benzene rings is 2. The van der Waals surface area contributed by atoms with Crippen LogP contribution in [0.15, 0.2) is 60.1 Å². The largest absolute Gasteiger partial charge is 0.375 e. The molecule has 0 spiro atoms. The lowest BCUT2D eigenvalue weighted by atomic mass is 10.1. The number of aromatic amines is 1. The molecule has 0 aliphatic rings. The predicted octanol–water partition coefficient (Wildman–Crippen LogP) is 4.84. The van der Waals surface area contributed by atoms with Crippen LogP contribution in [0.4, 0.5) is 10.8 Å². The first kappa shape index (κ1) is 17.3. The minimum Gasteiger partial charge on any atom is -0.375 e. The van der Waals surface area contributed by atoms with E-state index in [-0.39, 0.29) is 5.91 Å². The van der Waals surface area contributed by atoms with Crippen LogP contribution in [0, 0.1) is 0 Å². The van der Waals surface area contributed by atoms with Gasteiger partial charge in [-0.05, 0) is 36.6 Å². The fourth-order valence-corrected chi connectivity index (χ4v) is 3.72. The molecule has 2 heterocycles. The van der Waals surface area contributed by atoms with Crippen LogP contribution < -0.4 is 11.1 Å². The minimum atomic E-state index is 0.0282. The number of nitrogens with one attached hydrogen (secondary N) is 2. The van der Waals surface area contributed by atoms with Gasteiger partial charge in [-0.1, -0.05) is 30.3 Å². The maximum atomic E-state index is 12.2. The Hall–Kier alpha value is -3.12. The second-order valence-corrected chi connectivity index (χ2v) is 7.30. The summed E-state index contributed by atoms with van der Waals surface area (Å²) in [5.74, 6) is 0.0282. The highest BCUT2D eigenvalue weighted by Gasteiger charge is 2.07. The second-order valence-electron chi connectivity index (χ2n) is 6.41. The molecule has 27 heavy (non-hydrogen) atoms. The SMILES string of the molecule is Nc1nc(-c2ccc(NC(=O)CCCc3c[nH]c4ccccc34)cc2)cs1. The third-order valence-electron chi connectivity index (χ3n) is 4.51. The zero-order valence-corrected chi connectivity index (χ0v) is 15.6. The van der Waals surface area contributed by atoms with Gasteiger partial charge in [-0.25, -0.2) is 4.98 Å². The Balaban J connectivity index is 1.30. The van der Waals surface area contributed by atoms with Gasteiger partial charge in [-0.3, -0.25) is 4.79 Å². The van der Waals surface area contributed by atoms with Crippen molar-refractivity contribution in [2.24, 2.45) is 0 Å². The highest BCUT2D eigenvalue weighted by Crippen LogP contribution is 2.24. The first-order valence-electron chi connectivity index (χ1n) is 8.85. The van der Waals surface area contributed by atoms with Crippen LogP contribution in [0.25, 0.3) is 22.2 Å². The molecule has 0 aliphatic heterocycles. The third-order valence-corrected chi connectivity index (χ3v) is 5.19. The molecule has 2 aromatic carbocycles. The van der Waals surface area contributed by atoms with Crippen LogP contribution in [-0.4, -0.2) is 15.9 Å². The zero-order chi connectivity index (χ0) is 18.6. The predicted molar refractivity (Wildman–Crippen MR) is 112 cm³/mol. The number of fused-ring (bicyclic) bond motifs is 1. The van der Waals surface area contributed by atoms with E-state index in [0.29, 0.717) is 11.6 Å². The summed E-state index contributed by atoms with van der Waals surface area (Å²) in [5, 5.41) is 6.66. The van der Waals surface area contributed by atoms with E-state index in [4.69, 9.17) is 5.73 Å². The molecule has 136 valence electrons. The Bertz CT molecular complexity index is 1070. The van der Waals surface area contributed by atoms with Crippen molar-refractivity contribution in [1.82, 2.24) is 9.97 Å². The van der Waals surface area contributed by atoms with Crippen molar-refractivity contribution in [2.45, 2.75) is 19.3 Å². The van der Waals surface area contributed by atoms with E-state index in [9.17, 15) is 4.79 Å². The smallest absolute Gasteiger partial charge is 0.224 e. The molecular weight excluding hydrogens is 356 g/mol. The van der Waals surface area contributed by atoms with Crippen molar-refractivity contribution in [2.75, 3.05) is 11.1 Å². The third kappa shape index (κ3) is 4.01. The quantitative estimate of drug-likeness (QED) is 0.450. The summed E-state index contributed by atoms with van der Waals surface area (Å²) in [6.45, 7) is 0. The molecule has 0 bridgehead atoms. The number of hydrogen-bond donors (Lipinski definition) is 3. The number of nitrogens with zero attached hydrogens (tertiary/aromatic N) is 1. The molecule has 0 saturated heterocycles. The number of carbonyl (C=O) groups excluding carboxylic acids is 1. The normalized spacial score (nSPS) is 11.0. The first-order chi connectivity index (χ1) is 13.2.